The Hall–Kier alpha value is -0.200. The monoisotopic (exact) mass is 262 g/mol. The Labute approximate surface area is 124 Å². The fourth-order valence-corrected chi connectivity index (χ4v) is 2.17. The van der Waals surface area contributed by atoms with E-state index in [0.717, 1.165) is 18.4 Å². The summed E-state index contributed by atoms with van der Waals surface area (Å²) in [6.07, 6.45) is 1.53. The molecule has 0 radical (unpaired) electrons. The van der Waals surface area contributed by atoms with Gasteiger partial charge in [-0.1, -0.05) is 12.1 Å². The van der Waals surface area contributed by atoms with Crippen LogP contribution in [0.25, 0.3) is 0 Å². The van der Waals surface area contributed by atoms with E-state index in [1.807, 2.05) is 0 Å². The molecule has 1 fully saturated rings. The molecule has 0 heterocycles. The summed E-state index contributed by atoms with van der Waals surface area (Å²) in [6, 6.07) is 6.35. The van der Waals surface area contributed by atoms with Crippen molar-refractivity contribution in [2.24, 2.45) is 0 Å². The Kier molecular flexibility index (Phi) is 4.92. The first kappa shape index (κ1) is 14.9. The van der Waals surface area contributed by atoms with E-state index >= 15 is 0 Å². The first-order valence-corrected chi connectivity index (χ1v) is 5.96. The Morgan fingerprint density at radius 1 is 1.35 bits per heavy atom. The van der Waals surface area contributed by atoms with Gasteiger partial charge in [-0.25, -0.2) is 0 Å². The molecule has 6 heteroatoms. The second-order valence-electron chi connectivity index (χ2n) is 3.83. The predicted octanol–water partition coefficient (Wildman–Crippen LogP) is -1.87. The Morgan fingerprint density at radius 2 is 1.88 bits per heavy atom. The van der Waals surface area contributed by atoms with Gasteiger partial charge in [0.1, 0.15) is 0 Å². The van der Waals surface area contributed by atoms with E-state index < -0.39 is 16.5 Å². The molecule has 0 aromatic heterocycles. The van der Waals surface area contributed by atoms with Crippen LogP contribution in [0.1, 0.15) is 18.4 Å². The smallest absolute Gasteiger partial charge is 0.768 e. The Morgan fingerprint density at radius 3 is 2.24 bits per heavy atom. The van der Waals surface area contributed by atoms with Crippen LogP contribution >= 0.6 is 0 Å². The van der Waals surface area contributed by atoms with Crippen LogP contribution in [0, 0.1) is 0 Å². The van der Waals surface area contributed by atoms with Crippen LogP contribution in [0.2, 0.25) is 0 Å². The zero-order chi connectivity index (χ0) is 11.8. The quantitative estimate of drug-likeness (QED) is 0.364. The van der Waals surface area contributed by atoms with Crippen molar-refractivity contribution in [3.05, 3.63) is 29.8 Å². The van der Waals surface area contributed by atoms with Gasteiger partial charge in [-0.3, -0.25) is 9.00 Å². The van der Waals surface area contributed by atoms with Gasteiger partial charge in [-0.2, -0.15) is 0 Å². The largest absolute Gasteiger partial charge is 1.00 e. The number of methoxy groups -OCH3 is 1. The van der Waals surface area contributed by atoms with Crippen molar-refractivity contribution in [3.8, 4) is 0 Å². The van der Waals surface area contributed by atoms with Crippen LogP contribution in [0.5, 0.6) is 0 Å². The van der Waals surface area contributed by atoms with E-state index in [9.17, 15) is 13.6 Å². The molecule has 1 aliphatic rings. The minimum absolute atomic E-state index is 0. The van der Waals surface area contributed by atoms with E-state index in [1.165, 1.54) is 19.2 Å². The van der Waals surface area contributed by atoms with Gasteiger partial charge in [0.25, 0.3) is 0 Å². The second kappa shape index (κ2) is 5.63. The first-order chi connectivity index (χ1) is 7.60. The maximum Gasteiger partial charge on any atom is 1.00 e. The number of ether oxygens (including phenoxy) is 1. The van der Waals surface area contributed by atoms with Crippen molar-refractivity contribution in [1.29, 1.82) is 0 Å². The predicted molar refractivity (Wildman–Crippen MR) is 56.6 cm³/mol. The van der Waals surface area contributed by atoms with E-state index in [4.69, 9.17) is 4.74 Å². The van der Waals surface area contributed by atoms with Gasteiger partial charge in [0, 0.05) is 4.90 Å². The van der Waals surface area contributed by atoms with E-state index in [2.05, 4.69) is 0 Å². The fraction of sp³-hybridized carbons (Fsp3) is 0.364. The standard InChI is InChI=1S/C11H12O4S.Na/c1-15-10(12)11(6-7-11)8-2-4-9(5-3-8)16(13)14;/h2-5H,6-7H2,1H3,(H,13,14);/q;+1/p-1. The van der Waals surface area contributed by atoms with Crippen molar-refractivity contribution in [2.75, 3.05) is 7.11 Å². The second-order valence-corrected chi connectivity index (χ2v) is 4.77. The summed E-state index contributed by atoms with van der Waals surface area (Å²) >= 11 is -2.22. The number of carbonyl (C=O) groups excluding carboxylic acids is 1. The summed E-state index contributed by atoms with van der Waals surface area (Å²) in [7, 11) is 1.36. The molecule has 0 spiro atoms. The maximum atomic E-state index is 11.6. The molecule has 1 unspecified atom stereocenters. The summed E-state index contributed by atoms with van der Waals surface area (Å²) in [4.78, 5) is 11.8. The zero-order valence-corrected chi connectivity index (χ0v) is 12.6. The molecule has 1 aliphatic carbocycles. The average Bonchev–Trinajstić information content (AvgIpc) is 3.09. The molecule has 0 aliphatic heterocycles. The molecular formula is C11H11NaO4S. The Balaban J connectivity index is 0.00000144. The van der Waals surface area contributed by atoms with Gasteiger partial charge in [0.15, 0.2) is 0 Å². The number of rotatable bonds is 3. The molecule has 0 amide bonds. The Bertz CT molecular complexity index is 439. The van der Waals surface area contributed by atoms with Crippen molar-refractivity contribution >= 4 is 17.0 Å². The molecular weight excluding hydrogens is 251 g/mol. The minimum Gasteiger partial charge on any atom is -0.768 e. The van der Waals surface area contributed by atoms with Crippen LogP contribution in [-0.2, 0) is 26.0 Å². The molecule has 1 aromatic rings. The average molecular weight is 262 g/mol. The van der Waals surface area contributed by atoms with Gasteiger partial charge in [0.2, 0.25) is 0 Å². The molecule has 0 saturated heterocycles. The molecule has 4 nitrogen and oxygen atoms in total. The van der Waals surface area contributed by atoms with Crippen LogP contribution in [0.15, 0.2) is 29.2 Å². The molecule has 86 valence electrons. The van der Waals surface area contributed by atoms with Crippen molar-refractivity contribution in [3.63, 3.8) is 0 Å². The maximum absolute atomic E-state index is 11.6. The van der Waals surface area contributed by atoms with Gasteiger partial charge < -0.3 is 9.29 Å². The van der Waals surface area contributed by atoms with Crippen molar-refractivity contribution < 1.29 is 47.9 Å². The van der Waals surface area contributed by atoms with E-state index in [0.29, 0.717) is 0 Å². The molecule has 2 rings (SSSR count). The number of carbonyl (C=O) groups is 1. The molecule has 0 N–H and O–H groups in total. The van der Waals surface area contributed by atoms with Crippen LogP contribution in [-0.4, -0.2) is 21.8 Å². The van der Waals surface area contributed by atoms with Gasteiger partial charge in [-0.05, 0) is 41.6 Å². The van der Waals surface area contributed by atoms with Crippen LogP contribution < -0.4 is 29.6 Å². The van der Waals surface area contributed by atoms with Gasteiger partial charge in [0.05, 0.1) is 12.5 Å². The van der Waals surface area contributed by atoms with Crippen molar-refractivity contribution in [2.45, 2.75) is 23.2 Å². The minimum atomic E-state index is -2.22. The van der Waals surface area contributed by atoms with Gasteiger partial charge in [-0.15, -0.1) is 0 Å². The molecule has 1 atom stereocenters. The van der Waals surface area contributed by atoms with Crippen molar-refractivity contribution in [1.82, 2.24) is 0 Å². The third-order valence-corrected chi connectivity index (χ3v) is 3.58. The molecule has 1 saturated carbocycles. The van der Waals surface area contributed by atoms with Gasteiger partial charge >= 0.3 is 35.5 Å². The first-order valence-electron chi connectivity index (χ1n) is 4.88. The number of hydrogen-bond donors (Lipinski definition) is 0. The van der Waals surface area contributed by atoms with Crippen LogP contribution in [0.3, 0.4) is 0 Å². The number of benzene rings is 1. The summed E-state index contributed by atoms with van der Waals surface area (Å²) in [6.45, 7) is 0. The molecule has 0 bridgehead atoms. The fourth-order valence-electron chi connectivity index (χ4n) is 1.82. The number of hydrogen-bond acceptors (Lipinski definition) is 4. The van der Waals surface area contributed by atoms with E-state index in [1.54, 1.807) is 12.1 Å². The summed E-state index contributed by atoms with van der Waals surface area (Å²) in [5.41, 5.74) is 0.297. The molecule has 17 heavy (non-hydrogen) atoms. The van der Waals surface area contributed by atoms with Crippen LogP contribution in [0.4, 0.5) is 0 Å². The summed E-state index contributed by atoms with van der Waals surface area (Å²) < 4.78 is 26.1. The summed E-state index contributed by atoms with van der Waals surface area (Å²) in [5, 5.41) is 0. The summed E-state index contributed by atoms with van der Waals surface area (Å²) in [5.74, 6) is -0.247. The third-order valence-electron chi connectivity index (χ3n) is 2.93. The number of esters is 1. The molecule has 1 aromatic carbocycles. The third kappa shape index (κ3) is 2.80. The normalized spacial score (nSPS) is 17.8. The SMILES string of the molecule is COC(=O)C1(c2ccc(S(=O)[O-])cc2)CC1.[Na+]. The topological polar surface area (TPSA) is 66.4 Å². The van der Waals surface area contributed by atoms with E-state index in [-0.39, 0.29) is 40.4 Å². The zero-order valence-electron chi connectivity index (χ0n) is 9.76.